The minimum atomic E-state index is -0.414. The molecule has 4 nitrogen and oxygen atoms in total. The lowest BCUT2D eigenvalue weighted by Gasteiger charge is -2.06. The van der Waals surface area contributed by atoms with Crippen molar-refractivity contribution in [2.75, 3.05) is 0 Å². The van der Waals surface area contributed by atoms with Crippen LogP contribution < -0.4 is 5.32 Å². The zero-order chi connectivity index (χ0) is 14.5. The summed E-state index contributed by atoms with van der Waals surface area (Å²) >= 11 is 9.15. The molecular formula is C14H12BrClN2O2. The summed E-state index contributed by atoms with van der Waals surface area (Å²) < 4.78 is 1.02. The highest BCUT2D eigenvalue weighted by Gasteiger charge is 2.13. The molecule has 0 aliphatic rings. The third-order valence-electron chi connectivity index (χ3n) is 2.80. The zero-order valence-electron chi connectivity index (χ0n) is 10.5. The predicted molar refractivity (Wildman–Crippen MR) is 82.8 cm³/mol. The smallest absolute Gasteiger partial charge is 0.275 e. The second-order valence-corrected chi connectivity index (χ2v) is 5.61. The van der Waals surface area contributed by atoms with E-state index in [0.29, 0.717) is 23.7 Å². The molecule has 0 aliphatic heterocycles. The first-order chi connectivity index (χ1) is 9.56. The SMILES string of the molecule is O=[N+]([O-])c1cc(Cl)ccc1CNCc1ccc(Br)cc1. The van der Waals surface area contributed by atoms with Gasteiger partial charge in [-0.2, -0.15) is 0 Å². The summed E-state index contributed by atoms with van der Waals surface area (Å²) in [5.74, 6) is 0. The van der Waals surface area contributed by atoms with Gasteiger partial charge in [-0.3, -0.25) is 10.1 Å². The Morgan fingerprint density at radius 3 is 2.50 bits per heavy atom. The first-order valence-electron chi connectivity index (χ1n) is 5.94. The molecule has 0 saturated carbocycles. The van der Waals surface area contributed by atoms with E-state index in [1.807, 2.05) is 24.3 Å². The van der Waals surface area contributed by atoms with Crippen molar-refractivity contribution in [3.63, 3.8) is 0 Å². The quantitative estimate of drug-likeness (QED) is 0.642. The number of nitro benzene ring substituents is 1. The molecule has 0 fully saturated rings. The van der Waals surface area contributed by atoms with Gasteiger partial charge in [0, 0.05) is 34.2 Å². The molecule has 2 rings (SSSR count). The van der Waals surface area contributed by atoms with Crippen LogP contribution in [0, 0.1) is 10.1 Å². The molecule has 0 bridgehead atoms. The van der Waals surface area contributed by atoms with Crippen molar-refractivity contribution in [1.29, 1.82) is 0 Å². The average Bonchev–Trinajstić information content (AvgIpc) is 2.42. The summed E-state index contributed by atoms with van der Waals surface area (Å²) in [7, 11) is 0. The fourth-order valence-corrected chi connectivity index (χ4v) is 2.23. The third kappa shape index (κ3) is 4.03. The molecule has 0 atom stereocenters. The molecule has 0 unspecified atom stereocenters. The van der Waals surface area contributed by atoms with E-state index in [-0.39, 0.29) is 5.69 Å². The van der Waals surface area contributed by atoms with Gasteiger partial charge in [-0.05, 0) is 29.8 Å². The molecule has 6 heteroatoms. The topological polar surface area (TPSA) is 55.2 Å². The Hall–Kier alpha value is -1.43. The minimum Gasteiger partial charge on any atom is -0.308 e. The second kappa shape index (κ2) is 6.83. The lowest BCUT2D eigenvalue weighted by Crippen LogP contribution is -2.13. The largest absolute Gasteiger partial charge is 0.308 e. The molecule has 0 radical (unpaired) electrons. The lowest BCUT2D eigenvalue weighted by molar-refractivity contribution is -0.385. The Morgan fingerprint density at radius 1 is 1.15 bits per heavy atom. The molecule has 2 aromatic carbocycles. The third-order valence-corrected chi connectivity index (χ3v) is 3.57. The van der Waals surface area contributed by atoms with Crippen molar-refractivity contribution in [3.05, 3.63) is 73.2 Å². The van der Waals surface area contributed by atoms with Crippen LogP contribution in [0.25, 0.3) is 0 Å². The van der Waals surface area contributed by atoms with Gasteiger partial charge >= 0.3 is 0 Å². The number of halogens is 2. The maximum Gasteiger partial charge on any atom is 0.275 e. The molecule has 0 aliphatic carbocycles. The maximum atomic E-state index is 11.0. The number of rotatable bonds is 5. The van der Waals surface area contributed by atoms with Crippen LogP contribution in [0.3, 0.4) is 0 Å². The van der Waals surface area contributed by atoms with Crippen LogP contribution in [0.4, 0.5) is 5.69 Å². The predicted octanol–water partition coefficient (Wildman–Crippen LogP) is 4.30. The highest BCUT2D eigenvalue weighted by molar-refractivity contribution is 9.10. The van der Waals surface area contributed by atoms with E-state index in [0.717, 1.165) is 10.0 Å². The molecule has 0 spiro atoms. The summed E-state index contributed by atoms with van der Waals surface area (Å²) in [5.41, 5.74) is 1.78. The monoisotopic (exact) mass is 354 g/mol. The Kier molecular flexibility index (Phi) is 5.11. The summed E-state index contributed by atoms with van der Waals surface area (Å²) in [4.78, 5) is 10.5. The number of nitro groups is 1. The van der Waals surface area contributed by atoms with Crippen molar-refractivity contribution < 1.29 is 4.92 Å². The number of hydrogen-bond acceptors (Lipinski definition) is 3. The van der Waals surface area contributed by atoms with Gasteiger partial charge in [-0.15, -0.1) is 0 Å². The average molecular weight is 356 g/mol. The number of benzene rings is 2. The fourth-order valence-electron chi connectivity index (χ4n) is 1.80. The summed E-state index contributed by atoms with van der Waals surface area (Å²) in [6.07, 6.45) is 0. The van der Waals surface area contributed by atoms with E-state index < -0.39 is 4.92 Å². The van der Waals surface area contributed by atoms with Gasteiger partial charge in [0.25, 0.3) is 5.69 Å². The Bertz CT molecular complexity index is 617. The van der Waals surface area contributed by atoms with E-state index in [1.165, 1.54) is 6.07 Å². The molecule has 20 heavy (non-hydrogen) atoms. The molecular weight excluding hydrogens is 344 g/mol. The van der Waals surface area contributed by atoms with Crippen LogP contribution in [0.2, 0.25) is 5.02 Å². The van der Waals surface area contributed by atoms with Gasteiger partial charge in [-0.1, -0.05) is 39.7 Å². The Morgan fingerprint density at radius 2 is 1.85 bits per heavy atom. The summed E-state index contributed by atoms with van der Waals surface area (Å²) in [5, 5.41) is 14.5. The highest BCUT2D eigenvalue weighted by atomic mass is 79.9. The molecule has 0 amide bonds. The highest BCUT2D eigenvalue weighted by Crippen LogP contribution is 2.23. The molecule has 1 N–H and O–H groups in total. The standard InChI is InChI=1S/C14H12BrClN2O2/c15-12-4-1-10(2-5-12)8-17-9-11-3-6-13(16)7-14(11)18(19)20/h1-7,17H,8-9H2. The van der Waals surface area contributed by atoms with Crippen molar-refractivity contribution in [1.82, 2.24) is 5.32 Å². The molecule has 104 valence electrons. The lowest BCUT2D eigenvalue weighted by atomic mass is 10.1. The van der Waals surface area contributed by atoms with E-state index in [2.05, 4.69) is 21.2 Å². The van der Waals surface area contributed by atoms with Gasteiger partial charge in [0.15, 0.2) is 0 Å². The summed E-state index contributed by atoms with van der Waals surface area (Å²) in [6, 6.07) is 12.6. The van der Waals surface area contributed by atoms with Crippen LogP contribution >= 0.6 is 27.5 Å². The van der Waals surface area contributed by atoms with Gasteiger partial charge in [-0.25, -0.2) is 0 Å². The van der Waals surface area contributed by atoms with Crippen molar-refractivity contribution in [3.8, 4) is 0 Å². The van der Waals surface area contributed by atoms with Crippen LogP contribution in [0.5, 0.6) is 0 Å². The van der Waals surface area contributed by atoms with Crippen LogP contribution in [0.15, 0.2) is 46.9 Å². The van der Waals surface area contributed by atoms with Gasteiger partial charge in [0.05, 0.1) is 4.92 Å². The first kappa shape index (κ1) is 15.0. The van der Waals surface area contributed by atoms with Gasteiger partial charge in [0.2, 0.25) is 0 Å². The zero-order valence-corrected chi connectivity index (χ0v) is 12.8. The number of nitrogens with zero attached hydrogens (tertiary/aromatic N) is 1. The first-order valence-corrected chi connectivity index (χ1v) is 7.11. The molecule has 0 heterocycles. The normalized spacial score (nSPS) is 10.5. The number of nitrogens with one attached hydrogen (secondary N) is 1. The van der Waals surface area contributed by atoms with Crippen molar-refractivity contribution >= 4 is 33.2 Å². The van der Waals surface area contributed by atoms with Crippen LogP contribution in [-0.4, -0.2) is 4.92 Å². The Balaban J connectivity index is 2.00. The van der Waals surface area contributed by atoms with Crippen molar-refractivity contribution in [2.45, 2.75) is 13.1 Å². The van der Waals surface area contributed by atoms with Gasteiger partial charge < -0.3 is 5.32 Å². The van der Waals surface area contributed by atoms with E-state index in [1.54, 1.807) is 12.1 Å². The van der Waals surface area contributed by atoms with E-state index in [4.69, 9.17) is 11.6 Å². The maximum absolute atomic E-state index is 11.0. The molecule has 0 saturated heterocycles. The minimum absolute atomic E-state index is 0.0424. The van der Waals surface area contributed by atoms with Crippen molar-refractivity contribution in [2.24, 2.45) is 0 Å². The fraction of sp³-hybridized carbons (Fsp3) is 0.143. The molecule has 2 aromatic rings. The number of hydrogen-bond donors (Lipinski definition) is 1. The summed E-state index contributed by atoms with van der Waals surface area (Å²) in [6.45, 7) is 1.07. The Labute approximate surface area is 130 Å². The van der Waals surface area contributed by atoms with E-state index >= 15 is 0 Å². The van der Waals surface area contributed by atoms with Crippen LogP contribution in [0.1, 0.15) is 11.1 Å². The van der Waals surface area contributed by atoms with Gasteiger partial charge in [0.1, 0.15) is 0 Å². The second-order valence-electron chi connectivity index (χ2n) is 4.26. The van der Waals surface area contributed by atoms with Crippen LogP contribution in [-0.2, 0) is 13.1 Å². The molecule has 0 aromatic heterocycles. The van der Waals surface area contributed by atoms with E-state index in [9.17, 15) is 10.1 Å².